The van der Waals surface area contributed by atoms with E-state index in [2.05, 4.69) is 4.72 Å². The number of carbonyl (C=O) groups is 1. The zero-order valence-electron chi connectivity index (χ0n) is 14.4. The summed E-state index contributed by atoms with van der Waals surface area (Å²) >= 11 is 0. The Morgan fingerprint density at radius 1 is 1.00 bits per heavy atom. The van der Waals surface area contributed by atoms with Crippen LogP contribution in [0.3, 0.4) is 0 Å². The molecule has 0 spiro atoms. The molecule has 0 aliphatic carbocycles. The molecule has 1 amide bonds. The predicted octanol–water partition coefficient (Wildman–Crippen LogP) is 2.35. The van der Waals surface area contributed by atoms with Gasteiger partial charge in [0.05, 0.1) is 20.5 Å². The van der Waals surface area contributed by atoms with E-state index in [9.17, 15) is 13.2 Å². The Kier molecular flexibility index (Phi) is 5.53. The van der Waals surface area contributed by atoms with Crippen LogP contribution in [0.2, 0.25) is 0 Å². The molecule has 2 aromatic carbocycles. The maximum Gasteiger partial charge on any atom is 0.258 e. The van der Waals surface area contributed by atoms with Crippen molar-refractivity contribution in [1.82, 2.24) is 0 Å². The molecule has 0 bridgehead atoms. The summed E-state index contributed by atoms with van der Waals surface area (Å²) in [4.78, 5) is 14.1. The van der Waals surface area contributed by atoms with Gasteiger partial charge in [-0.3, -0.25) is 9.52 Å². The molecule has 25 heavy (non-hydrogen) atoms. The SMILES string of the molecule is COc1ccc(C(=O)N(C)c2ccc(NS(C)(=O)=O)cc2)cc1OC. The first-order valence-electron chi connectivity index (χ1n) is 7.33. The zero-order chi connectivity index (χ0) is 18.6. The molecule has 0 aliphatic rings. The minimum Gasteiger partial charge on any atom is -0.493 e. The lowest BCUT2D eigenvalue weighted by molar-refractivity contribution is 0.0992. The summed E-state index contributed by atoms with van der Waals surface area (Å²) in [5, 5.41) is 0. The van der Waals surface area contributed by atoms with Crippen molar-refractivity contribution in [3.63, 3.8) is 0 Å². The average molecular weight is 364 g/mol. The number of nitrogens with zero attached hydrogens (tertiary/aromatic N) is 1. The number of hydrogen-bond acceptors (Lipinski definition) is 5. The van der Waals surface area contributed by atoms with E-state index in [0.29, 0.717) is 28.4 Å². The fraction of sp³-hybridized carbons (Fsp3) is 0.235. The molecule has 7 nitrogen and oxygen atoms in total. The number of methoxy groups -OCH3 is 2. The Morgan fingerprint density at radius 2 is 1.60 bits per heavy atom. The van der Waals surface area contributed by atoms with Crippen molar-refractivity contribution in [2.24, 2.45) is 0 Å². The van der Waals surface area contributed by atoms with Crippen LogP contribution in [0, 0.1) is 0 Å². The predicted molar refractivity (Wildman–Crippen MR) is 97.2 cm³/mol. The summed E-state index contributed by atoms with van der Waals surface area (Å²) in [6.45, 7) is 0. The van der Waals surface area contributed by atoms with Crippen molar-refractivity contribution in [1.29, 1.82) is 0 Å². The van der Waals surface area contributed by atoms with Crippen molar-refractivity contribution < 1.29 is 22.7 Å². The Balaban J connectivity index is 2.22. The van der Waals surface area contributed by atoms with Crippen LogP contribution in [0.15, 0.2) is 42.5 Å². The first kappa shape index (κ1) is 18.6. The molecule has 0 radical (unpaired) electrons. The van der Waals surface area contributed by atoms with Crippen LogP contribution in [0.25, 0.3) is 0 Å². The minimum absolute atomic E-state index is 0.232. The molecular formula is C17H20N2O5S. The molecule has 2 aromatic rings. The third kappa shape index (κ3) is 4.63. The van der Waals surface area contributed by atoms with Gasteiger partial charge in [-0.15, -0.1) is 0 Å². The highest BCUT2D eigenvalue weighted by Gasteiger charge is 2.16. The molecule has 134 valence electrons. The minimum atomic E-state index is -3.34. The van der Waals surface area contributed by atoms with Crippen LogP contribution in [-0.2, 0) is 10.0 Å². The summed E-state index contributed by atoms with van der Waals surface area (Å²) in [6, 6.07) is 11.4. The van der Waals surface area contributed by atoms with Crippen molar-refractivity contribution in [2.45, 2.75) is 0 Å². The van der Waals surface area contributed by atoms with Gasteiger partial charge in [-0.1, -0.05) is 0 Å². The molecule has 0 heterocycles. The van der Waals surface area contributed by atoms with Gasteiger partial charge in [0.25, 0.3) is 5.91 Å². The highest BCUT2D eigenvalue weighted by molar-refractivity contribution is 7.92. The number of amides is 1. The number of hydrogen-bond donors (Lipinski definition) is 1. The van der Waals surface area contributed by atoms with E-state index >= 15 is 0 Å². The van der Waals surface area contributed by atoms with Crippen molar-refractivity contribution in [3.05, 3.63) is 48.0 Å². The normalized spacial score (nSPS) is 10.9. The molecule has 0 aromatic heterocycles. The van der Waals surface area contributed by atoms with Gasteiger partial charge in [-0.2, -0.15) is 0 Å². The van der Waals surface area contributed by atoms with E-state index in [1.165, 1.54) is 19.1 Å². The Labute approximate surface area is 147 Å². The van der Waals surface area contributed by atoms with E-state index in [-0.39, 0.29) is 5.91 Å². The molecule has 0 aliphatic heterocycles. The first-order valence-corrected chi connectivity index (χ1v) is 9.22. The second kappa shape index (κ2) is 7.43. The fourth-order valence-electron chi connectivity index (χ4n) is 2.25. The Bertz CT molecular complexity index is 863. The largest absolute Gasteiger partial charge is 0.493 e. The Hall–Kier alpha value is -2.74. The quantitative estimate of drug-likeness (QED) is 0.850. The standard InChI is InChI=1S/C17H20N2O5S/c1-19(14-8-6-13(7-9-14)18-25(4,21)22)17(20)12-5-10-15(23-2)16(11-12)24-3/h5-11,18H,1-4H3. The second-order valence-corrected chi connectivity index (χ2v) is 7.10. The van der Waals surface area contributed by atoms with E-state index in [1.807, 2.05) is 0 Å². The van der Waals surface area contributed by atoms with Crippen LogP contribution >= 0.6 is 0 Å². The van der Waals surface area contributed by atoms with Gasteiger partial charge in [0.1, 0.15) is 0 Å². The summed E-state index contributed by atoms with van der Waals surface area (Å²) in [5.74, 6) is 0.775. The lowest BCUT2D eigenvalue weighted by Gasteiger charge is -2.18. The molecule has 0 saturated carbocycles. The highest BCUT2D eigenvalue weighted by Crippen LogP contribution is 2.28. The highest BCUT2D eigenvalue weighted by atomic mass is 32.2. The summed E-state index contributed by atoms with van der Waals surface area (Å²) in [6.07, 6.45) is 1.08. The topological polar surface area (TPSA) is 84.9 Å². The number of nitrogens with one attached hydrogen (secondary N) is 1. The number of anilines is 2. The average Bonchev–Trinajstić information content (AvgIpc) is 2.59. The number of rotatable bonds is 6. The van der Waals surface area contributed by atoms with Crippen LogP contribution in [0.4, 0.5) is 11.4 Å². The van der Waals surface area contributed by atoms with Gasteiger partial charge in [0.15, 0.2) is 11.5 Å². The van der Waals surface area contributed by atoms with Gasteiger partial charge in [-0.05, 0) is 42.5 Å². The van der Waals surface area contributed by atoms with Gasteiger partial charge in [0.2, 0.25) is 10.0 Å². The van der Waals surface area contributed by atoms with Crippen molar-refractivity contribution >= 4 is 27.3 Å². The summed E-state index contributed by atoms with van der Waals surface area (Å²) in [5.41, 5.74) is 1.50. The van der Waals surface area contributed by atoms with Gasteiger partial charge in [-0.25, -0.2) is 8.42 Å². The maximum atomic E-state index is 12.6. The van der Waals surface area contributed by atoms with Gasteiger partial charge >= 0.3 is 0 Å². The van der Waals surface area contributed by atoms with Crippen LogP contribution in [0.5, 0.6) is 11.5 Å². The summed E-state index contributed by atoms with van der Waals surface area (Å²) < 4.78 is 35.2. The summed E-state index contributed by atoms with van der Waals surface area (Å²) in [7, 11) is 1.33. The monoisotopic (exact) mass is 364 g/mol. The molecule has 2 rings (SSSR count). The molecule has 0 saturated heterocycles. The van der Waals surface area contributed by atoms with Crippen LogP contribution in [-0.4, -0.2) is 41.8 Å². The lowest BCUT2D eigenvalue weighted by atomic mass is 10.1. The number of sulfonamides is 1. The van der Waals surface area contributed by atoms with E-state index in [4.69, 9.17) is 9.47 Å². The third-order valence-corrected chi connectivity index (χ3v) is 4.10. The molecule has 1 N–H and O–H groups in total. The molecular weight excluding hydrogens is 344 g/mol. The molecule has 8 heteroatoms. The zero-order valence-corrected chi connectivity index (χ0v) is 15.3. The van der Waals surface area contributed by atoms with E-state index < -0.39 is 10.0 Å². The molecule has 0 fully saturated rings. The van der Waals surface area contributed by atoms with Gasteiger partial charge in [0, 0.05) is 24.0 Å². The lowest BCUT2D eigenvalue weighted by Crippen LogP contribution is -2.26. The fourth-order valence-corrected chi connectivity index (χ4v) is 2.81. The van der Waals surface area contributed by atoms with E-state index in [1.54, 1.807) is 49.5 Å². The van der Waals surface area contributed by atoms with Crippen LogP contribution < -0.4 is 19.1 Å². The maximum absolute atomic E-state index is 12.6. The molecule has 0 atom stereocenters. The van der Waals surface area contributed by atoms with Crippen LogP contribution in [0.1, 0.15) is 10.4 Å². The van der Waals surface area contributed by atoms with Gasteiger partial charge < -0.3 is 14.4 Å². The molecule has 0 unspecified atom stereocenters. The van der Waals surface area contributed by atoms with E-state index in [0.717, 1.165) is 6.26 Å². The van der Waals surface area contributed by atoms with Crippen molar-refractivity contribution in [3.8, 4) is 11.5 Å². The number of ether oxygens (including phenoxy) is 2. The smallest absolute Gasteiger partial charge is 0.258 e. The number of benzene rings is 2. The Morgan fingerprint density at radius 3 is 2.12 bits per heavy atom. The second-order valence-electron chi connectivity index (χ2n) is 5.36. The number of carbonyl (C=O) groups excluding carboxylic acids is 1. The first-order chi connectivity index (χ1) is 11.7. The third-order valence-electron chi connectivity index (χ3n) is 3.49. The van der Waals surface area contributed by atoms with Crippen molar-refractivity contribution in [2.75, 3.05) is 37.1 Å².